The van der Waals surface area contributed by atoms with Crippen molar-refractivity contribution in [3.05, 3.63) is 68.0 Å². The van der Waals surface area contributed by atoms with Crippen LogP contribution in [0, 0.1) is 6.92 Å². The van der Waals surface area contributed by atoms with Gasteiger partial charge in [0.15, 0.2) is 6.61 Å². The molecule has 0 aliphatic heterocycles. The number of fused-ring (bicyclic) bond motifs is 1. The molecule has 0 bridgehead atoms. The van der Waals surface area contributed by atoms with Crippen molar-refractivity contribution < 1.29 is 14.3 Å². The number of amides is 1. The number of carbonyl (C=O) groups is 2. The van der Waals surface area contributed by atoms with Crippen LogP contribution in [0.5, 0.6) is 0 Å². The van der Waals surface area contributed by atoms with Crippen molar-refractivity contribution >= 4 is 28.6 Å². The van der Waals surface area contributed by atoms with E-state index in [0.717, 1.165) is 20.9 Å². The van der Waals surface area contributed by atoms with Crippen molar-refractivity contribution in [2.75, 3.05) is 11.9 Å². The maximum atomic E-state index is 12.8. The third-order valence-electron chi connectivity index (χ3n) is 4.90. The lowest BCUT2D eigenvalue weighted by Crippen LogP contribution is -2.38. The van der Waals surface area contributed by atoms with Gasteiger partial charge in [0.25, 0.3) is 11.5 Å². The van der Waals surface area contributed by atoms with Gasteiger partial charge in [-0.15, -0.1) is 0 Å². The molecule has 1 N–H and O–H groups in total. The Morgan fingerprint density at radius 2 is 1.83 bits per heavy atom. The van der Waals surface area contributed by atoms with Gasteiger partial charge in [-0.2, -0.15) is 0 Å². The molecule has 0 aliphatic carbocycles. The Balaban J connectivity index is 1.82. The summed E-state index contributed by atoms with van der Waals surface area (Å²) in [5.74, 6) is -1.30. The first kappa shape index (κ1) is 21.0. The maximum absolute atomic E-state index is 12.8. The van der Waals surface area contributed by atoms with Crippen molar-refractivity contribution in [1.29, 1.82) is 0 Å². The summed E-state index contributed by atoms with van der Waals surface area (Å²) in [6.45, 7) is 3.17. The molecule has 156 valence electrons. The fourth-order valence-electron chi connectivity index (χ4n) is 3.20. The van der Waals surface area contributed by atoms with E-state index in [1.54, 1.807) is 19.1 Å². The lowest BCUT2D eigenvalue weighted by atomic mass is 10.0. The Kier molecular flexibility index (Phi) is 5.81. The number of para-hydroxylation sites is 1. The van der Waals surface area contributed by atoms with Crippen LogP contribution in [-0.2, 0) is 30.0 Å². The highest BCUT2D eigenvalue weighted by atomic mass is 16.5. The van der Waals surface area contributed by atoms with Crippen molar-refractivity contribution in [2.24, 2.45) is 14.1 Å². The third kappa shape index (κ3) is 3.86. The number of rotatable bonds is 5. The fourth-order valence-corrected chi connectivity index (χ4v) is 3.20. The molecule has 3 rings (SSSR count). The topological polar surface area (TPSA) is 112 Å². The van der Waals surface area contributed by atoms with Crippen molar-refractivity contribution in [2.45, 2.75) is 20.3 Å². The van der Waals surface area contributed by atoms with E-state index in [1.807, 2.05) is 19.1 Å². The highest BCUT2D eigenvalue weighted by molar-refractivity contribution is 6.05. The van der Waals surface area contributed by atoms with Crippen LogP contribution in [0.2, 0.25) is 0 Å². The number of anilines is 1. The summed E-state index contributed by atoms with van der Waals surface area (Å²) in [6, 6.07) is 8.35. The molecule has 2 aromatic heterocycles. The normalized spacial score (nSPS) is 10.8. The summed E-state index contributed by atoms with van der Waals surface area (Å²) in [6.07, 6.45) is 0.647. The van der Waals surface area contributed by atoms with E-state index in [1.165, 1.54) is 14.1 Å². The first-order chi connectivity index (χ1) is 14.2. The zero-order valence-electron chi connectivity index (χ0n) is 17.2. The number of nitrogens with one attached hydrogen (secondary N) is 1. The van der Waals surface area contributed by atoms with Crippen molar-refractivity contribution in [3.63, 3.8) is 0 Å². The minimum Gasteiger partial charge on any atom is -0.452 e. The molecule has 2 heterocycles. The van der Waals surface area contributed by atoms with Gasteiger partial charge in [0.05, 0.1) is 11.1 Å². The van der Waals surface area contributed by atoms with Crippen LogP contribution in [-0.4, -0.2) is 32.6 Å². The Morgan fingerprint density at radius 1 is 1.13 bits per heavy atom. The van der Waals surface area contributed by atoms with Crippen LogP contribution in [0.25, 0.3) is 10.9 Å². The Bertz CT molecular complexity index is 1270. The molecular formula is C21H22N4O5. The molecule has 0 aliphatic rings. The summed E-state index contributed by atoms with van der Waals surface area (Å²) in [5, 5.41) is 3.07. The molecule has 9 heteroatoms. The first-order valence-electron chi connectivity index (χ1n) is 9.36. The largest absolute Gasteiger partial charge is 0.452 e. The predicted octanol–water partition coefficient (Wildman–Crippen LogP) is 1.30. The van der Waals surface area contributed by atoms with Crippen LogP contribution < -0.4 is 16.6 Å². The van der Waals surface area contributed by atoms with Gasteiger partial charge >= 0.3 is 11.7 Å². The van der Waals surface area contributed by atoms with Crippen molar-refractivity contribution in [1.82, 2.24) is 14.1 Å². The van der Waals surface area contributed by atoms with E-state index in [4.69, 9.17) is 4.74 Å². The van der Waals surface area contributed by atoms with E-state index in [-0.39, 0.29) is 5.82 Å². The summed E-state index contributed by atoms with van der Waals surface area (Å²) in [7, 11) is 2.76. The molecular weight excluding hydrogens is 388 g/mol. The van der Waals surface area contributed by atoms with Gasteiger partial charge in [-0.3, -0.25) is 23.7 Å². The number of aromatic nitrogens is 3. The molecule has 0 radical (unpaired) electrons. The van der Waals surface area contributed by atoms with Crippen LogP contribution in [0.3, 0.4) is 0 Å². The predicted molar refractivity (Wildman–Crippen MR) is 112 cm³/mol. The number of aryl methyl sites for hydroxylation is 1. The molecule has 0 saturated carbocycles. The van der Waals surface area contributed by atoms with Crippen LogP contribution in [0.15, 0.2) is 39.9 Å². The molecule has 3 aromatic rings. The zero-order valence-corrected chi connectivity index (χ0v) is 17.2. The quantitative estimate of drug-likeness (QED) is 0.635. The van der Waals surface area contributed by atoms with Gasteiger partial charge in [0.2, 0.25) is 0 Å². The molecule has 0 fully saturated rings. The van der Waals surface area contributed by atoms with E-state index in [9.17, 15) is 19.2 Å². The van der Waals surface area contributed by atoms with E-state index in [2.05, 4.69) is 10.3 Å². The summed E-state index contributed by atoms with van der Waals surface area (Å²) < 4.78 is 7.26. The molecule has 9 nitrogen and oxygen atoms in total. The minimum atomic E-state index is -0.668. The summed E-state index contributed by atoms with van der Waals surface area (Å²) in [4.78, 5) is 53.3. The van der Waals surface area contributed by atoms with Gasteiger partial charge in [-0.25, -0.2) is 9.59 Å². The highest BCUT2D eigenvalue weighted by Crippen LogP contribution is 2.24. The Labute approximate surface area is 171 Å². The number of hydrogen-bond acceptors (Lipinski definition) is 6. The number of carbonyl (C=O) groups excluding carboxylic acids is 2. The standard InChI is InChI=1S/C21H22N4O5/c1-5-14-12(2)19(13-8-6-7-9-15(13)22-14)20(28)30-11-17(26)23-16-10-18(27)25(4)21(29)24(16)3/h6-10H,5,11H2,1-4H3,(H,23,26). The Morgan fingerprint density at radius 3 is 2.53 bits per heavy atom. The summed E-state index contributed by atoms with van der Waals surface area (Å²) >= 11 is 0. The molecule has 0 unspecified atom stereocenters. The number of esters is 1. The SMILES string of the molecule is CCc1nc2ccccc2c(C(=O)OCC(=O)Nc2cc(=O)n(C)c(=O)n2C)c1C. The molecule has 0 atom stereocenters. The Hall–Kier alpha value is -3.75. The maximum Gasteiger partial charge on any atom is 0.339 e. The second-order valence-corrected chi connectivity index (χ2v) is 6.82. The number of pyridine rings is 1. The first-order valence-corrected chi connectivity index (χ1v) is 9.36. The lowest BCUT2D eigenvalue weighted by molar-refractivity contribution is -0.119. The number of hydrogen-bond donors (Lipinski definition) is 1. The van der Waals surface area contributed by atoms with Gasteiger partial charge < -0.3 is 10.1 Å². The van der Waals surface area contributed by atoms with Gasteiger partial charge in [-0.05, 0) is 25.0 Å². The average Bonchev–Trinajstić information content (AvgIpc) is 2.73. The second-order valence-electron chi connectivity index (χ2n) is 6.82. The average molecular weight is 410 g/mol. The van der Waals surface area contributed by atoms with E-state index < -0.39 is 29.7 Å². The smallest absolute Gasteiger partial charge is 0.339 e. The lowest BCUT2D eigenvalue weighted by Gasteiger charge is -2.14. The van der Waals surface area contributed by atoms with Gasteiger partial charge in [-0.1, -0.05) is 25.1 Å². The molecule has 30 heavy (non-hydrogen) atoms. The second kappa shape index (κ2) is 8.32. The minimum absolute atomic E-state index is 0.0166. The third-order valence-corrected chi connectivity index (χ3v) is 4.90. The molecule has 1 amide bonds. The molecule has 1 aromatic carbocycles. The fraction of sp³-hybridized carbons (Fsp3) is 0.286. The van der Waals surface area contributed by atoms with Crippen LogP contribution in [0.1, 0.15) is 28.5 Å². The molecule has 0 spiro atoms. The van der Waals surface area contributed by atoms with Crippen molar-refractivity contribution in [3.8, 4) is 0 Å². The number of ether oxygens (including phenoxy) is 1. The van der Waals surface area contributed by atoms with Gasteiger partial charge in [0, 0.05) is 31.2 Å². The summed E-state index contributed by atoms with van der Waals surface area (Å²) in [5.41, 5.74) is 1.38. The zero-order chi connectivity index (χ0) is 22.0. The van der Waals surface area contributed by atoms with E-state index in [0.29, 0.717) is 28.5 Å². The highest BCUT2D eigenvalue weighted by Gasteiger charge is 2.20. The van der Waals surface area contributed by atoms with Gasteiger partial charge in [0.1, 0.15) is 5.82 Å². The van der Waals surface area contributed by atoms with Crippen LogP contribution in [0.4, 0.5) is 5.82 Å². The van der Waals surface area contributed by atoms with Crippen LogP contribution >= 0.6 is 0 Å². The van der Waals surface area contributed by atoms with E-state index >= 15 is 0 Å². The monoisotopic (exact) mass is 410 g/mol. The number of benzene rings is 1. The molecule has 0 saturated heterocycles. The number of nitrogens with zero attached hydrogens (tertiary/aromatic N) is 3.